The summed E-state index contributed by atoms with van der Waals surface area (Å²) >= 11 is 0. The van der Waals surface area contributed by atoms with Crippen molar-refractivity contribution in [3.63, 3.8) is 0 Å². The standard InChI is InChI=1S/C18H20/c1-13-14(2)18-10-8-16-5-3-15(4-6-16)7-9-17(13)11-12-18/h3-6,11-12H,7-10H2,1-2H3. The highest BCUT2D eigenvalue weighted by atomic mass is 14.1. The molecule has 4 aliphatic carbocycles. The average Bonchev–Trinajstić information content (AvgIpc) is 2.38. The Balaban J connectivity index is 2.05. The fraction of sp³-hybridized carbons (Fsp3) is 0.333. The highest BCUT2D eigenvalue weighted by Gasteiger charge is 2.08. The molecule has 92 valence electrons. The highest BCUT2D eigenvalue weighted by Crippen LogP contribution is 2.22. The van der Waals surface area contributed by atoms with Gasteiger partial charge in [-0.25, -0.2) is 0 Å². The Morgan fingerprint density at radius 2 is 0.944 bits per heavy atom. The van der Waals surface area contributed by atoms with Crippen LogP contribution in [0, 0.1) is 13.8 Å². The van der Waals surface area contributed by atoms with Gasteiger partial charge in [0, 0.05) is 0 Å². The second kappa shape index (κ2) is 4.61. The molecule has 4 aliphatic rings. The minimum Gasteiger partial charge on any atom is -0.0588 e. The first kappa shape index (κ1) is 11.5. The van der Waals surface area contributed by atoms with Gasteiger partial charge in [0.1, 0.15) is 0 Å². The summed E-state index contributed by atoms with van der Waals surface area (Å²) in [6, 6.07) is 13.9. The lowest BCUT2D eigenvalue weighted by molar-refractivity contribution is 0.901. The molecule has 2 aromatic rings. The van der Waals surface area contributed by atoms with Gasteiger partial charge in [-0.2, -0.15) is 0 Å². The number of benzene rings is 2. The van der Waals surface area contributed by atoms with Crippen LogP contribution in [-0.4, -0.2) is 0 Å². The van der Waals surface area contributed by atoms with Gasteiger partial charge >= 0.3 is 0 Å². The molecule has 6 rings (SSSR count). The molecule has 18 heavy (non-hydrogen) atoms. The van der Waals surface area contributed by atoms with E-state index in [4.69, 9.17) is 0 Å². The van der Waals surface area contributed by atoms with Crippen molar-refractivity contribution in [3.05, 3.63) is 69.8 Å². The first-order valence-corrected chi connectivity index (χ1v) is 6.90. The third kappa shape index (κ3) is 2.08. The maximum Gasteiger partial charge on any atom is -0.0236 e. The molecule has 0 heterocycles. The van der Waals surface area contributed by atoms with E-state index in [1.807, 2.05) is 0 Å². The van der Waals surface area contributed by atoms with Crippen molar-refractivity contribution in [2.45, 2.75) is 39.5 Å². The molecule has 0 aliphatic heterocycles. The highest BCUT2D eigenvalue weighted by molar-refractivity contribution is 5.41. The van der Waals surface area contributed by atoms with E-state index in [-0.39, 0.29) is 0 Å². The van der Waals surface area contributed by atoms with Crippen LogP contribution in [0.15, 0.2) is 36.4 Å². The normalized spacial score (nSPS) is 14.3. The molecule has 2 aromatic carbocycles. The van der Waals surface area contributed by atoms with E-state index in [9.17, 15) is 0 Å². The molecule has 0 saturated carbocycles. The first-order valence-electron chi connectivity index (χ1n) is 6.90. The predicted molar refractivity (Wildman–Crippen MR) is 77.2 cm³/mol. The molecule has 0 unspecified atom stereocenters. The molecule has 0 fully saturated rings. The van der Waals surface area contributed by atoms with Crippen LogP contribution in [0.1, 0.15) is 33.4 Å². The molecule has 0 heteroatoms. The van der Waals surface area contributed by atoms with E-state index >= 15 is 0 Å². The summed E-state index contributed by atoms with van der Waals surface area (Å²) in [7, 11) is 0. The predicted octanol–water partition coefficient (Wildman–Crippen LogP) is 4.19. The van der Waals surface area contributed by atoms with E-state index in [2.05, 4.69) is 50.2 Å². The lowest BCUT2D eigenvalue weighted by Gasteiger charge is -2.15. The summed E-state index contributed by atoms with van der Waals surface area (Å²) in [6.45, 7) is 4.56. The summed E-state index contributed by atoms with van der Waals surface area (Å²) in [5.41, 5.74) is 8.95. The third-order valence-electron chi connectivity index (χ3n) is 4.40. The fourth-order valence-corrected chi connectivity index (χ4v) is 2.91. The molecular weight excluding hydrogens is 216 g/mol. The Hall–Kier alpha value is -1.56. The smallest absolute Gasteiger partial charge is 0.0236 e. The number of hydrogen-bond acceptors (Lipinski definition) is 0. The quantitative estimate of drug-likeness (QED) is 0.643. The summed E-state index contributed by atoms with van der Waals surface area (Å²) in [4.78, 5) is 0. The van der Waals surface area contributed by atoms with Gasteiger partial charge in [0.25, 0.3) is 0 Å². The molecule has 0 saturated heterocycles. The topological polar surface area (TPSA) is 0 Å². The summed E-state index contributed by atoms with van der Waals surface area (Å²) in [5.74, 6) is 0. The second-order valence-electron chi connectivity index (χ2n) is 5.45. The van der Waals surface area contributed by atoms with E-state index in [1.165, 1.54) is 33.4 Å². The molecule has 4 bridgehead atoms. The Kier molecular flexibility index (Phi) is 2.95. The van der Waals surface area contributed by atoms with Gasteiger partial charge in [0.15, 0.2) is 0 Å². The van der Waals surface area contributed by atoms with E-state index < -0.39 is 0 Å². The summed E-state index contributed by atoms with van der Waals surface area (Å²) < 4.78 is 0. The monoisotopic (exact) mass is 236 g/mol. The van der Waals surface area contributed by atoms with E-state index in [0.717, 1.165) is 25.7 Å². The molecule has 0 N–H and O–H groups in total. The van der Waals surface area contributed by atoms with Crippen LogP contribution in [0.25, 0.3) is 0 Å². The van der Waals surface area contributed by atoms with Crippen molar-refractivity contribution < 1.29 is 0 Å². The second-order valence-corrected chi connectivity index (χ2v) is 5.45. The van der Waals surface area contributed by atoms with E-state index in [0.29, 0.717) is 0 Å². The van der Waals surface area contributed by atoms with Gasteiger partial charge in [-0.05, 0) is 72.9 Å². The van der Waals surface area contributed by atoms with Crippen LogP contribution < -0.4 is 0 Å². The van der Waals surface area contributed by atoms with Crippen LogP contribution in [-0.2, 0) is 25.7 Å². The lowest BCUT2D eigenvalue weighted by atomic mass is 9.90. The number of rotatable bonds is 0. The Bertz CT molecular complexity index is 509. The number of hydrogen-bond donors (Lipinski definition) is 0. The van der Waals surface area contributed by atoms with Crippen molar-refractivity contribution in [1.82, 2.24) is 0 Å². The fourth-order valence-electron chi connectivity index (χ4n) is 2.91. The van der Waals surface area contributed by atoms with E-state index in [1.54, 1.807) is 0 Å². The minimum absolute atomic E-state index is 1.15. The van der Waals surface area contributed by atoms with Crippen LogP contribution in [0.3, 0.4) is 0 Å². The van der Waals surface area contributed by atoms with Crippen LogP contribution in [0.5, 0.6) is 0 Å². The van der Waals surface area contributed by atoms with Crippen molar-refractivity contribution >= 4 is 0 Å². The van der Waals surface area contributed by atoms with Crippen LogP contribution in [0.4, 0.5) is 0 Å². The third-order valence-corrected chi connectivity index (χ3v) is 4.40. The lowest BCUT2D eigenvalue weighted by Crippen LogP contribution is -2.03. The van der Waals surface area contributed by atoms with Gasteiger partial charge in [0.2, 0.25) is 0 Å². The SMILES string of the molecule is Cc1c2ccc(c1C)CCc1ccc(cc1)CC2. The molecule has 0 nitrogen and oxygen atoms in total. The molecule has 0 aromatic heterocycles. The number of aryl methyl sites for hydroxylation is 4. The van der Waals surface area contributed by atoms with Crippen molar-refractivity contribution in [3.8, 4) is 0 Å². The van der Waals surface area contributed by atoms with Crippen molar-refractivity contribution in [2.24, 2.45) is 0 Å². The largest absolute Gasteiger partial charge is 0.0588 e. The van der Waals surface area contributed by atoms with Crippen molar-refractivity contribution in [1.29, 1.82) is 0 Å². The molecule has 0 amide bonds. The first-order chi connectivity index (χ1) is 8.74. The molecule has 0 atom stereocenters. The van der Waals surface area contributed by atoms with Gasteiger partial charge in [-0.1, -0.05) is 36.4 Å². The van der Waals surface area contributed by atoms with Gasteiger partial charge in [-0.15, -0.1) is 0 Å². The molecule has 0 radical (unpaired) electrons. The van der Waals surface area contributed by atoms with Crippen LogP contribution in [0.2, 0.25) is 0 Å². The summed E-state index contributed by atoms with van der Waals surface area (Å²) in [6.07, 6.45) is 4.62. The summed E-state index contributed by atoms with van der Waals surface area (Å²) in [5, 5.41) is 0. The maximum absolute atomic E-state index is 2.34. The van der Waals surface area contributed by atoms with Crippen molar-refractivity contribution in [2.75, 3.05) is 0 Å². The Morgan fingerprint density at radius 1 is 0.556 bits per heavy atom. The average molecular weight is 236 g/mol. The zero-order valence-electron chi connectivity index (χ0n) is 11.3. The molecule has 0 spiro atoms. The Labute approximate surface area is 110 Å². The maximum atomic E-state index is 2.34. The zero-order valence-corrected chi connectivity index (χ0v) is 11.3. The van der Waals surface area contributed by atoms with Gasteiger partial charge in [0.05, 0.1) is 0 Å². The zero-order chi connectivity index (χ0) is 12.5. The molecular formula is C18H20. The minimum atomic E-state index is 1.15. The Morgan fingerprint density at radius 3 is 1.33 bits per heavy atom. The van der Waals surface area contributed by atoms with Gasteiger partial charge < -0.3 is 0 Å². The van der Waals surface area contributed by atoms with Crippen LogP contribution >= 0.6 is 0 Å². The van der Waals surface area contributed by atoms with Gasteiger partial charge in [-0.3, -0.25) is 0 Å².